The molecule has 0 fully saturated rings. The summed E-state index contributed by atoms with van der Waals surface area (Å²) in [5.74, 6) is -0.487. The SMILES string of the molecule is O=C(O)CCNC(=O)NCCNc1ncc(Cl)cc1Cl. The zero-order chi connectivity index (χ0) is 15.0. The normalized spacial score (nSPS) is 9.90. The first-order chi connectivity index (χ1) is 9.49. The Balaban J connectivity index is 2.18. The molecule has 0 atom stereocenters. The summed E-state index contributed by atoms with van der Waals surface area (Å²) < 4.78 is 0. The van der Waals surface area contributed by atoms with Gasteiger partial charge in [0.2, 0.25) is 0 Å². The molecular formula is C11H14Cl2N4O3. The number of rotatable bonds is 7. The lowest BCUT2D eigenvalue weighted by atomic mass is 10.4. The number of pyridine rings is 1. The molecule has 0 spiro atoms. The van der Waals surface area contributed by atoms with Gasteiger partial charge in [0, 0.05) is 25.8 Å². The molecule has 7 nitrogen and oxygen atoms in total. The van der Waals surface area contributed by atoms with Crippen molar-refractivity contribution in [1.29, 1.82) is 0 Å². The number of anilines is 1. The third kappa shape index (κ3) is 6.44. The molecule has 4 N–H and O–H groups in total. The van der Waals surface area contributed by atoms with Crippen molar-refractivity contribution in [2.75, 3.05) is 25.0 Å². The fourth-order valence-corrected chi connectivity index (χ4v) is 1.69. The summed E-state index contributed by atoms with van der Waals surface area (Å²) in [5.41, 5.74) is 0. The Labute approximate surface area is 125 Å². The maximum absolute atomic E-state index is 11.2. The van der Waals surface area contributed by atoms with Crippen LogP contribution >= 0.6 is 23.2 Å². The highest BCUT2D eigenvalue weighted by Gasteiger charge is 2.03. The molecule has 0 aliphatic rings. The molecule has 0 saturated carbocycles. The van der Waals surface area contributed by atoms with Gasteiger partial charge in [-0.3, -0.25) is 4.79 Å². The van der Waals surface area contributed by atoms with E-state index in [0.717, 1.165) is 0 Å². The highest BCUT2D eigenvalue weighted by molar-refractivity contribution is 6.35. The van der Waals surface area contributed by atoms with Crippen LogP contribution in [0.1, 0.15) is 6.42 Å². The van der Waals surface area contributed by atoms with Crippen LogP contribution in [0.25, 0.3) is 0 Å². The van der Waals surface area contributed by atoms with Gasteiger partial charge in [-0.05, 0) is 6.07 Å². The summed E-state index contributed by atoms with van der Waals surface area (Å²) in [4.78, 5) is 25.5. The number of carboxylic acids is 1. The number of aliphatic carboxylic acids is 1. The minimum Gasteiger partial charge on any atom is -0.481 e. The monoisotopic (exact) mass is 320 g/mol. The molecule has 0 unspecified atom stereocenters. The van der Waals surface area contributed by atoms with Crippen molar-refractivity contribution in [2.45, 2.75) is 6.42 Å². The molecular weight excluding hydrogens is 307 g/mol. The number of carbonyl (C=O) groups is 2. The van der Waals surface area contributed by atoms with E-state index in [9.17, 15) is 9.59 Å². The van der Waals surface area contributed by atoms with Gasteiger partial charge in [-0.25, -0.2) is 9.78 Å². The van der Waals surface area contributed by atoms with Crippen LogP contribution in [-0.2, 0) is 4.79 Å². The van der Waals surface area contributed by atoms with E-state index in [0.29, 0.717) is 29.0 Å². The summed E-state index contributed by atoms with van der Waals surface area (Å²) in [7, 11) is 0. The molecule has 0 aliphatic heterocycles. The van der Waals surface area contributed by atoms with Crippen molar-refractivity contribution in [3.63, 3.8) is 0 Å². The summed E-state index contributed by atoms with van der Waals surface area (Å²) >= 11 is 11.6. The van der Waals surface area contributed by atoms with Crippen LogP contribution in [-0.4, -0.2) is 41.7 Å². The lowest BCUT2D eigenvalue weighted by molar-refractivity contribution is -0.136. The maximum Gasteiger partial charge on any atom is 0.314 e. The van der Waals surface area contributed by atoms with Gasteiger partial charge in [-0.1, -0.05) is 23.2 Å². The van der Waals surface area contributed by atoms with Crippen molar-refractivity contribution < 1.29 is 14.7 Å². The zero-order valence-corrected chi connectivity index (χ0v) is 12.0. The summed E-state index contributed by atoms with van der Waals surface area (Å²) in [6, 6.07) is 1.13. The first-order valence-corrected chi connectivity index (χ1v) is 6.53. The highest BCUT2D eigenvalue weighted by Crippen LogP contribution is 2.21. The van der Waals surface area contributed by atoms with Crippen LogP contribution < -0.4 is 16.0 Å². The third-order valence-corrected chi connectivity index (χ3v) is 2.63. The van der Waals surface area contributed by atoms with Gasteiger partial charge in [0.05, 0.1) is 16.5 Å². The molecule has 0 aliphatic carbocycles. The Bertz CT molecular complexity index is 485. The molecule has 1 rings (SSSR count). The number of urea groups is 1. The quantitative estimate of drug-likeness (QED) is 0.571. The van der Waals surface area contributed by atoms with Gasteiger partial charge in [0.25, 0.3) is 0 Å². The lowest BCUT2D eigenvalue weighted by Crippen LogP contribution is -2.38. The molecule has 0 radical (unpaired) electrons. The Morgan fingerprint density at radius 3 is 2.55 bits per heavy atom. The van der Waals surface area contributed by atoms with Crippen LogP contribution in [0.5, 0.6) is 0 Å². The highest BCUT2D eigenvalue weighted by atomic mass is 35.5. The number of carboxylic acid groups (broad SMARTS) is 1. The van der Waals surface area contributed by atoms with E-state index in [1.165, 1.54) is 6.20 Å². The van der Waals surface area contributed by atoms with Crippen molar-refractivity contribution in [2.24, 2.45) is 0 Å². The number of aromatic nitrogens is 1. The summed E-state index contributed by atoms with van der Waals surface area (Å²) in [6.45, 7) is 0.833. The first-order valence-electron chi connectivity index (χ1n) is 5.77. The number of nitrogens with zero attached hydrogens (tertiary/aromatic N) is 1. The number of hydrogen-bond donors (Lipinski definition) is 4. The van der Waals surface area contributed by atoms with Crippen LogP contribution in [0.15, 0.2) is 12.3 Å². The van der Waals surface area contributed by atoms with E-state index in [1.807, 2.05) is 0 Å². The minimum absolute atomic E-state index is 0.0825. The average Bonchev–Trinajstić information content (AvgIpc) is 2.36. The molecule has 2 amide bonds. The zero-order valence-electron chi connectivity index (χ0n) is 10.4. The number of amides is 2. The molecule has 20 heavy (non-hydrogen) atoms. The van der Waals surface area contributed by atoms with Crippen LogP contribution in [0, 0.1) is 0 Å². The fraction of sp³-hybridized carbons (Fsp3) is 0.364. The predicted octanol–water partition coefficient (Wildman–Crippen LogP) is 1.57. The number of carbonyl (C=O) groups excluding carboxylic acids is 1. The molecule has 9 heteroatoms. The van der Waals surface area contributed by atoms with Crippen molar-refractivity contribution >= 4 is 41.0 Å². The van der Waals surface area contributed by atoms with Gasteiger partial charge in [-0.2, -0.15) is 0 Å². The van der Waals surface area contributed by atoms with Crippen LogP contribution in [0.2, 0.25) is 10.0 Å². The molecule has 110 valence electrons. The standard InChI is InChI=1S/C11H14Cl2N4O3/c12-7-5-8(13)10(17-6-7)14-3-4-16-11(20)15-2-1-9(18)19/h5-6H,1-4H2,(H,14,17)(H,18,19)(H2,15,16,20). The average molecular weight is 321 g/mol. The van der Waals surface area contributed by atoms with E-state index < -0.39 is 12.0 Å². The molecule has 0 saturated heterocycles. The second-order valence-electron chi connectivity index (χ2n) is 3.74. The molecule has 0 bridgehead atoms. The van der Waals surface area contributed by atoms with E-state index in [2.05, 4.69) is 20.9 Å². The van der Waals surface area contributed by atoms with E-state index in [-0.39, 0.29) is 13.0 Å². The van der Waals surface area contributed by atoms with E-state index in [1.54, 1.807) is 6.07 Å². The third-order valence-electron chi connectivity index (χ3n) is 2.14. The predicted molar refractivity (Wildman–Crippen MR) is 76.4 cm³/mol. The summed E-state index contributed by atoms with van der Waals surface area (Å²) in [6.07, 6.45) is 1.35. The Kier molecular flexibility index (Phi) is 6.89. The van der Waals surface area contributed by atoms with Gasteiger partial charge in [0.15, 0.2) is 0 Å². The molecule has 1 aromatic rings. The van der Waals surface area contributed by atoms with E-state index in [4.69, 9.17) is 28.3 Å². The maximum atomic E-state index is 11.2. The molecule has 0 aromatic carbocycles. The largest absolute Gasteiger partial charge is 0.481 e. The van der Waals surface area contributed by atoms with Gasteiger partial charge < -0.3 is 21.1 Å². The molecule has 1 aromatic heterocycles. The smallest absolute Gasteiger partial charge is 0.314 e. The number of nitrogens with one attached hydrogen (secondary N) is 3. The fourth-order valence-electron chi connectivity index (χ4n) is 1.25. The van der Waals surface area contributed by atoms with E-state index >= 15 is 0 Å². The minimum atomic E-state index is -0.963. The lowest BCUT2D eigenvalue weighted by Gasteiger charge is -2.09. The number of hydrogen-bond acceptors (Lipinski definition) is 4. The van der Waals surface area contributed by atoms with Crippen LogP contribution in [0.3, 0.4) is 0 Å². The van der Waals surface area contributed by atoms with Crippen molar-refractivity contribution in [1.82, 2.24) is 15.6 Å². The Morgan fingerprint density at radius 2 is 1.90 bits per heavy atom. The topological polar surface area (TPSA) is 103 Å². The van der Waals surface area contributed by atoms with Crippen molar-refractivity contribution in [3.8, 4) is 0 Å². The van der Waals surface area contributed by atoms with Crippen LogP contribution in [0.4, 0.5) is 10.6 Å². The van der Waals surface area contributed by atoms with Crippen molar-refractivity contribution in [3.05, 3.63) is 22.3 Å². The molecule has 1 heterocycles. The first kappa shape index (κ1) is 16.3. The Morgan fingerprint density at radius 1 is 1.20 bits per heavy atom. The summed E-state index contributed by atoms with van der Waals surface area (Å²) in [5, 5.41) is 17.1. The number of halogens is 2. The van der Waals surface area contributed by atoms with Gasteiger partial charge >= 0.3 is 12.0 Å². The Hall–Kier alpha value is -1.73. The second kappa shape index (κ2) is 8.44. The second-order valence-corrected chi connectivity index (χ2v) is 4.58. The van der Waals surface area contributed by atoms with Gasteiger partial charge in [0.1, 0.15) is 5.82 Å². The van der Waals surface area contributed by atoms with Gasteiger partial charge in [-0.15, -0.1) is 0 Å².